The maximum atomic E-state index is 16.0. The van der Waals surface area contributed by atoms with Gasteiger partial charge in [0.2, 0.25) is 5.91 Å². The van der Waals surface area contributed by atoms with Gasteiger partial charge in [-0.2, -0.15) is 5.10 Å². The van der Waals surface area contributed by atoms with Gasteiger partial charge in [-0.05, 0) is 73.4 Å². The monoisotopic (exact) mass is 986 g/mol. The van der Waals surface area contributed by atoms with Gasteiger partial charge in [-0.15, -0.1) is 0 Å². The van der Waals surface area contributed by atoms with E-state index in [1.807, 2.05) is 17.0 Å². The summed E-state index contributed by atoms with van der Waals surface area (Å²) in [7, 11) is -0.583. The molecular formula is C49H53F3N8O9S. The number of aryl methyl sites for hydroxylation is 1. The smallest absolute Gasteiger partial charge is 0.329 e. The third-order valence-corrected chi connectivity index (χ3v) is 14.3. The van der Waals surface area contributed by atoms with Crippen molar-refractivity contribution in [2.45, 2.75) is 44.2 Å². The fourth-order valence-electron chi connectivity index (χ4n) is 9.94. The predicted octanol–water partition coefficient (Wildman–Crippen LogP) is 5.81. The van der Waals surface area contributed by atoms with Gasteiger partial charge in [0.15, 0.2) is 28.9 Å². The Kier molecular flexibility index (Phi) is 13.3. The minimum atomic E-state index is -3.71. The summed E-state index contributed by atoms with van der Waals surface area (Å²) in [5, 5.41) is 7.03. The normalized spacial score (nSPS) is 19.4. The number of benzene rings is 4. The van der Waals surface area contributed by atoms with E-state index in [9.17, 15) is 27.6 Å². The van der Waals surface area contributed by atoms with Crippen molar-refractivity contribution in [3.05, 3.63) is 101 Å². The number of urea groups is 1. The number of carbonyl (C=O) groups excluding carboxylic acids is 4. The highest BCUT2D eigenvalue weighted by Crippen LogP contribution is 2.41. The molecule has 21 heteroatoms. The van der Waals surface area contributed by atoms with Gasteiger partial charge < -0.3 is 19.1 Å². The van der Waals surface area contributed by atoms with Crippen LogP contribution in [0.25, 0.3) is 10.9 Å². The molecule has 0 spiro atoms. The number of aromatic nitrogens is 2. The van der Waals surface area contributed by atoms with Crippen LogP contribution in [0, 0.1) is 5.82 Å². The fraction of sp³-hybridized carbons (Fsp3) is 0.408. The quantitative estimate of drug-likeness (QED) is 0.125. The summed E-state index contributed by atoms with van der Waals surface area (Å²) in [5.74, 6) is -4.57. The third-order valence-electron chi connectivity index (χ3n) is 13.4. The first-order valence-corrected chi connectivity index (χ1v) is 25.1. The van der Waals surface area contributed by atoms with Crippen LogP contribution in [0.2, 0.25) is 0 Å². The molecule has 1 aromatic heterocycles. The second kappa shape index (κ2) is 19.2. The number of ether oxygens (including phenoxy) is 3. The van der Waals surface area contributed by atoms with Crippen molar-refractivity contribution in [1.82, 2.24) is 29.8 Å². The zero-order valence-electron chi connectivity index (χ0n) is 39.1. The second-order valence-electron chi connectivity index (χ2n) is 18.0. The number of nitrogens with one attached hydrogen (secondary N) is 1. The molecule has 0 unspecified atom stereocenters. The van der Waals surface area contributed by atoms with Crippen LogP contribution in [-0.2, 0) is 28.1 Å². The SMILES string of the molecule is CCOc1cc([C@@H](CS(C)(=O)=O)N2C(=O)c3cccc(N4CCN([C@H]5CCN(CCc6ccc(Oc7cc8c(cc7F)c(N7CCC(=O)NC7=O)nn8C)cc6)CC5(F)F)CC4)c3C2=O)ccc1OC. The number of likely N-dealkylation sites (tertiary alicyclic amines) is 1. The highest BCUT2D eigenvalue weighted by Gasteiger charge is 2.49. The summed E-state index contributed by atoms with van der Waals surface area (Å²) < 4.78 is 91.5. The van der Waals surface area contributed by atoms with Crippen molar-refractivity contribution in [3.63, 3.8) is 0 Å². The second-order valence-corrected chi connectivity index (χ2v) is 20.2. The largest absolute Gasteiger partial charge is 0.493 e. The Morgan fingerprint density at radius 3 is 2.34 bits per heavy atom. The molecule has 4 aliphatic rings. The Hall–Kier alpha value is -6.71. The van der Waals surface area contributed by atoms with Crippen molar-refractivity contribution < 1.29 is 55.0 Å². The number of fused-ring (bicyclic) bond motifs is 2. The van der Waals surface area contributed by atoms with Gasteiger partial charge in [0.1, 0.15) is 15.6 Å². The molecule has 4 aliphatic heterocycles. The van der Waals surface area contributed by atoms with E-state index in [1.165, 1.54) is 28.8 Å². The Bertz CT molecular complexity index is 2980. The molecule has 0 radical (unpaired) electrons. The van der Waals surface area contributed by atoms with Gasteiger partial charge in [0.05, 0.1) is 60.4 Å². The van der Waals surface area contributed by atoms with Crippen molar-refractivity contribution in [1.29, 1.82) is 0 Å². The van der Waals surface area contributed by atoms with Crippen LogP contribution in [0.4, 0.5) is 29.5 Å². The number of methoxy groups -OCH3 is 1. The third kappa shape index (κ3) is 9.61. The summed E-state index contributed by atoms with van der Waals surface area (Å²) in [4.78, 5) is 60.3. The maximum absolute atomic E-state index is 16.0. The summed E-state index contributed by atoms with van der Waals surface area (Å²) in [5.41, 5.74) is 2.56. The molecule has 3 saturated heterocycles. The number of halogens is 3. The van der Waals surface area contributed by atoms with Gasteiger partial charge in [0.25, 0.3) is 17.7 Å². The number of hydrogen-bond acceptors (Lipinski definition) is 13. The molecule has 17 nitrogen and oxygen atoms in total. The maximum Gasteiger partial charge on any atom is 0.329 e. The fourth-order valence-corrected chi connectivity index (χ4v) is 10.9. The van der Waals surface area contributed by atoms with Crippen molar-refractivity contribution in [2.24, 2.45) is 7.05 Å². The van der Waals surface area contributed by atoms with E-state index in [-0.39, 0.29) is 42.1 Å². The average Bonchev–Trinajstić information content (AvgIpc) is 3.77. The minimum Gasteiger partial charge on any atom is -0.493 e. The number of anilines is 2. The highest BCUT2D eigenvalue weighted by atomic mass is 32.2. The Balaban J connectivity index is 0.800. The van der Waals surface area contributed by atoms with Crippen molar-refractivity contribution >= 4 is 56.0 Å². The van der Waals surface area contributed by atoms with Crippen LogP contribution in [-0.4, -0.2) is 147 Å². The molecule has 0 saturated carbocycles. The zero-order valence-corrected chi connectivity index (χ0v) is 39.9. The van der Waals surface area contributed by atoms with Gasteiger partial charge >= 0.3 is 6.03 Å². The van der Waals surface area contributed by atoms with Crippen LogP contribution in [0.5, 0.6) is 23.0 Å². The zero-order chi connectivity index (χ0) is 49.6. The Morgan fingerprint density at radius 2 is 1.66 bits per heavy atom. The van der Waals surface area contributed by atoms with E-state index in [1.54, 1.807) is 72.3 Å². The van der Waals surface area contributed by atoms with Crippen molar-refractivity contribution in [2.75, 3.05) is 87.9 Å². The van der Waals surface area contributed by atoms with E-state index in [0.29, 0.717) is 91.7 Å². The number of alkyl halides is 2. The van der Waals surface area contributed by atoms with Gasteiger partial charge in [-0.25, -0.2) is 26.4 Å². The van der Waals surface area contributed by atoms with Gasteiger partial charge in [-0.3, -0.25) is 44.0 Å². The van der Waals surface area contributed by atoms with Gasteiger partial charge in [-0.1, -0.05) is 24.3 Å². The van der Waals surface area contributed by atoms with Crippen LogP contribution < -0.4 is 29.3 Å². The number of sulfone groups is 1. The van der Waals surface area contributed by atoms with E-state index < -0.39 is 69.7 Å². The molecule has 5 amide bonds. The predicted molar refractivity (Wildman–Crippen MR) is 254 cm³/mol. The van der Waals surface area contributed by atoms with E-state index in [2.05, 4.69) is 10.4 Å². The molecule has 0 bridgehead atoms. The first-order valence-electron chi connectivity index (χ1n) is 23.1. The lowest BCUT2D eigenvalue weighted by Crippen LogP contribution is -2.62. The first kappa shape index (κ1) is 48.3. The molecule has 4 aromatic carbocycles. The number of imide groups is 2. The molecule has 3 fully saturated rings. The number of amides is 5. The van der Waals surface area contributed by atoms with E-state index in [0.717, 1.165) is 16.7 Å². The molecule has 370 valence electrons. The summed E-state index contributed by atoms with van der Waals surface area (Å²) >= 11 is 0. The number of piperidine rings is 1. The number of hydrogen-bond donors (Lipinski definition) is 1. The molecular weight excluding hydrogens is 934 g/mol. The number of piperazine rings is 1. The van der Waals surface area contributed by atoms with Crippen LogP contribution in [0.15, 0.2) is 72.8 Å². The average molecular weight is 987 g/mol. The molecule has 9 rings (SSSR count). The molecule has 2 atom stereocenters. The molecule has 5 heterocycles. The lowest BCUT2D eigenvalue weighted by molar-refractivity contribution is -0.127. The number of nitrogens with zero attached hydrogens (tertiary/aromatic N) is 7. The summed E-state index contributed by atoms with van der Waals surface area (Å²) in [6, 6.07) is 16.7. The standard InChI is InChI=1S/C49H53F3N8O9S/c1-5-68-41-25-31(11-14-39(41)67-3)38(28-70(4,65)66)60-46(62)33-7-6-8-36(44(33)47(60)63)57-21-23-58(24-22-57)42-16-19-56(29-49(42,51)52)18-15-30-9-12-32(13-10-30)69-40-27-37-34(26-35(40)50)45(54-55(37)2)59-20-17-43(61)53-48(59)64/h6-14,25-27,38,42H,5,15-24,28-29H2,1-4H3,(H,53,61,64)/t38-,42+/m1/s1. The Labute approximate surface area is 402 Å². The van der Waals surface area contributed by atoms with Crippen molar-refractivity contribution in [3.8, 4) is 23.0 Å². The van der Waals surface area contributed by atoms with Crippen LogP contribution >= 0.6 is 0 Å². The van der Waals surface area contributed by atoms with Gasteiger partial charge in [0, 0.05) is 77.0 Å². The lowest BCUT2D eigenvalue weighted by atomic mass is 9.97. The molecule has 70 heavy (non-hydrogen) atoms. The Morgan fingerprint density at radius 1 is 0.900 bits per heavy atom. The lowest BCUT2D eigenvalue weighted by Gasteiger charge is -2.46. The highest BCUT2D eigenvalue weighted by molar-refractivity contribution is 7.90. The van der Waals surface area contributed by atoms with E-state index in [4.69, 9.17) is 14.2 Å². The summed E-state index contributed by atoms with van der Waals surface area (Å²) in [6.45, 7) is 3.90. The number of carbonyl (C=O) groups is 4. The number of rotatable bonds is 15. The molecule has 0 aliphatic carbocycles. The summed E-state index contributed by atoms with van der Waals surface area (Å²) in [6.07, 6.45) is 1.89. The van der Waals surface area contributed by atoms with Crippen LogP contribution in [0.3, 0.4) is 0 Å². The first-order chi connectivity index (χ1) is 33.4. The molecule has 5 aromatic rings. The minimum absolute atomic E-state index is 0.0540. The topological polar surface area (TPSA) is 176 Å². The van der Waals surface area contributed by atoms with Crippen LogP contribution in [0.1, 0.15) is 57.7 Å². The van der Waals surface area contributed by atoms with E-state index >= 15 is 13.2 Å². The molecule has 1 N–H and O–H groups in total.